The summed E-state index contributed by atoms with van der Waals surface area (Å²) in [6.45, 7) is 6.11. The van der Waals surface area contributed by atoms with Crippen molar-refractivity contribution in [1.82, 2.24) is 0 Å². The predicted molar refractivity (Wildman–Crippen MR) is 78.7 cm³/mol. The Morgan fingerprint density at radius 2 is 2.00 bits per heavy atom. The van der Waals surface area contributed by atoms with Crippen molar-refractivity contribution < 1.29 is 4.84 Å². The highest BCUT2D eigenvalue weighted by atomic mass is 16.7. The molecule has 1 unspecified atom stereocenters. The van der Waals surface area contributed by atoms with E-state index in [9.17, 15) is 5.26 Å². The van der Waals surface area contributed by atoms with E-state index in [4.69, 9.17) is 4.84 Å². The zero-order valence-electron chi connectivity index (χ0n) is 12.1. The third-order valence-electron chi connectivity index (χ3n) is 4.70. The summed E-state index contributed by atoms with van der Waals surface area (Å²) < 4.78 is 0. The minimum absolute atomic E-state index is 0.136. The molecule has 0 amide bonds. The average molecular weight is 269 g/mol. The lowest BCUT2D eigenvalue weighted by Gasteiger charge is -2.39. The Bertz CT molecular complexity index is 595. The molecule has 1 saturated carbocycles. The van der Waals surface area contributed by atoms with Crippen LogP contribution in [0.3, 0.4) is 0 Å². The van der Waals surface area contributed by atoms with E-state index in [2.05, 4.69) is 35.6 Å². The van der Waals surface area contributed by atoms with Gasteiger partial charge in [-0.25, -0.2) is 0 Å². The Hall–Kier alpha value is -2.02. The molecule has 1 aromatic carbocycles. The monoisotopic (exact) mass is 269 g/mol. The second-order valence-corrected chi connectivity index (χ2v) is 6.01. The first-order chi connectivity index (χ1) is 9.50. The molecular weight excluding hydrogens is 250 g/mol. The van der Waals surface area contributed by atoms with Crippen molar-refractivity contribution in [3.8, 4) is 6.07 Å². The van der Waals surface area contributed by atoms with Gasteiger partial charge in [-0.05, 0) is 51.3 Å². The van der Waals surface area contributed by atoms with Crippen molar-refractivity contribution in [2.75, 3.05) is 5.32 Å². The van der Waals surface area contributed by atoms with E-state index in [1.54, 1.807) is 0 Å². The highest BCUT2D eigenvalue weighted by molar-refractivity contribution is 5.93. The number of rotatable bonds is 4. The lowest BCUT2D eigenvalue weighted by Crippen LogP contribution is -2.54. The van der Waals surface area contributed by atoms with Crippen molar-refractivity contribution >= 4 is 11.4 Å². The number of anilines is 1. The smallest absolute Gasteiger partial charge is 0.195 e. The summed E-state index contributed by atoms with van der Waals surface area (Å²) in [7, 11) is 0. The van der Waals surface area contributed by atoms with Crippen molar-refractivity contribution in [3.63, 3.8) is 0 Å². The summed E-state index contributed by atoms with van der Waals surface area (Å²) in [5.74, 6) is 0. The Labute approximate surface area is 119 Å². The number of benzene rings is 1. The van der Waals surface area contributed by atoms with Gasteiger partial charge >= 0.3 is 0 Å². The molecule has 0 aromatic heterocycles. The van der Waals surface area contributed by atoms with E-state index in [0.717, 1.165) is 29.8 Å². The molecule has 0 bridgehead atoms. The second kappa shape index (κ2) is 4.24. The largest absolute Gasteiger partial charge is 0.381 e. The molecule has 1 N–H and O–H groups in total. The molecule has 104 valence electrons. The van der Waals surface area contributed by atoms with Crippen LogP contribution < -0.4 is 5.32 Å². The molecule has 0 saturated heterocycles. The number of nitrogens with one attached hydrogen (secondary N) is 1. The normalized spacial score (nSPS) is 27.4. The van der Waals surface area contributed by atoms with Crippen LogP contribution in [0.4, 0.5) is 5.69 Å². The third kappa shape index (κ3) is 1.85. The number of nitriles is 1. The molecule has 1 fully saturated rings. The van der Waals surface area contributed by atoms with Crippen LogP contribution in [-0.2, 0) is 10.3 Å². The summed E-state index contributed by atoms with van der Waals surface area (Å²) in [6.07, 6.45) is 1.96. The standard InChI is InChI=1S/C16H19N3O/c1-11(15(3)12(2)19-20-15)18-14-6-4-13(5-7-14)16(10-17)8-9-16/h4-7,11,18H,8-9H2,1-3H3/t11-,15?/m1/s1. The van der Waals surface area contributed by atoms with Gasteiger partial charge in [-0.2, -0.15) is 5.26 Å². The van der Waals surface area contributed by atoms with Crippen molar-refractivity contribution in [1.29, 1.82) is 5.26 Å². The fourth-order valence-corrected chi connectivity index (χ4v) is 2.54. The lowest BCUT2D eigenvalue weighted by molar-refractivity contribution is -0.0296. The fourth-order valence-electron chi connectivity index (χ4n) is 2.54. The Morgan fingerprint density at radius 1 is 1.35 bits per heavy atom. The predicted octanol–water partition coefficient (Wildman–Crippen LogP) is 3.21. The van der Waals surface area contributed by atoms with E-state index >= 15 is 0 Å². The van der Waals surface area contributed by atoms with Crippen LogP contribution in [-0.4, -0.2) is 17.4 Å². The van der Waals surface area contributed by atoms with E-state index in [1.807, 2.05) is 26.0 Å². The van der Waals surface area contributed by atoms with E-state index in [1.165, 1.54) is 0 Å². The molecule has 3 rings (SSSR count). The minimum atomic E-state index is -0.330. The molecule has 1 heterocycles. The maximum absolute atomic E-state index is 9.20. The number of oxime groups is 1. The first-order valence-electron chi connectivity index (χ1n) is 7.02. The van der Waals surface area contributed by atoms with Crippen LogP contribution in [0.2, 0.25) is 0 Å². The number of nitrogens with zero attached hydrogens (tertiary/aromatic N) is 2. The van der Waals surface area contributed by atoms with Crippen molar-refractivity contribution in [2.45, 2.75) is 50.7 Å². The van der Waals surface area contributed by atoms with Gasteiger partial charge in [0.1, 0.15) is 5.71 Å². The van der Waals surface area contributed by atoms with Gasteiger partial charge in [-0.1, -0.05) is 17.3 Å². The quantitative estimate of drug-likeness (QED) is 0.913. The Kier molecular flexibility index (Phi) is 2.75. The molecule has 1 aromatic rings. The Morgan fingerprint density at radius 3 is 2.40 bits per heavy atom. The van der Waals surface area contributed by atoms with Crippen LogP contribution in [0.25, 0.3) is 0 Å². The van der Waals surface area contributed by atoms with Gasteiger partial charge in [0, 0.05) is 5.69 Å². The van der Waals surface area contributed by atoms with E-state index < -0.39 is 0 Å². The van der Waals surface area contributed by atoms with Gasteiger partial charge < -0.3 is 10.2 Å². The van der Waals surface area contributed by atoms with E-state index in [0.29, 0.717) is 0 Å². The van der Waals surface area contributed by atoms with Crippen LogP contribution in [0.1, 0.15) is 39.2 Å². The highest BCUT2D eigenvalue weighted by Crippen LogP contribution is 2.47. The van der Waals surface area contributed by atoms with Crippen LogP contribution in [0, 0.1) is 11.3 Å². The topological polar surface area (TPSA) is 57.4 Å². The Balaban J connectivity index is 1.70. The zero-order valence-corrected chi connectivity index (χ0v) is 12.1. The van der Waals surface area contributed by atoms with Gasteiger partial charge in [-0.3, -0.25) is 0 Å². The van der Waals surface area contributed by atoms with Crippen molar-refractivity contribution in [3.05, 3.63) is 29.8 Å². The molecule has 0 spiro atoms. The zero-order chi connectivity index (χ0) is 14.4. The molecule has 4 nitrogen and oxygen atoms in total. The second-order valence-electron chi connectivity index (χ2n) is 6.01. The van der Waals surface area contributed by atoms with Crippen LogP contribution >= 0.6 is 0 Å². The van der Waals surface area contributed by atoms with Gasteiger partial charge in [0.25, 0.3) is 0 Å². The number of hydrogen-bond donors (Lipinski definition) is 1. The SMILES string of the molecule is CC1=NOC1(C)[C@@H](C)Nc1ccc(C2(C#N)CC2)cc1. The van der Waals surface area contributed by atoms with Gasteiger partial charge in [-0.15, -0.1) is 0 Å². The first-order valence-corrected chi connectivity index (χ1v) is 7.02. The number of hydrogen-bond acceptors (Lipinski definition) is 4. The maximum atomic E-state index is 9.20. The maximum Gasteiger partial charge on any atom is 0.195 e. The fraction of sp³-hybridized carbons (Fsp3) is 0.500. The van der Waals surface area contributed by atoms with Crippen molar-refractivity contribution in [2.24, 2.45) is 5.16 Å². The minimum Gasteiger partial charge on any atom is -0.381 e. The van der Waals surface area contributed by atoms with E-state index in [-0.39, 0.29) is 17.1 Å². The molecule has 2 atom stereocenters. The van der Waals surface area contributed by atoms with Gasteiger partial charge in [0.05, 0.1) is 17.5 Å². The molecule has 4 heteroatoms. The van der Waals surface area contributed by atoms with Crippen LogP contribution in [0.5, 0.6) is 0 Å². The van der Waals surface area contributed by atoms with Gasteiger partial charge in [0.2, 0.25) is 0 Å². The lowest BCUT2D eigenvalue weighted by atomic mass is 9.91. The molecule has 2 aliphatic rings. The molecule has 1 aliphatic carbocycles. The molecule has 1 aliphatic heterocycles. The first kappa shape index (κ1) is 13.0. The highest BCUT2D eigenvalue weighted by Gasteiger charge is 2.45. The third-order valence-corrected chi connectivity index (χ3v) is 4.70. The molecule has 20 heavy (non-hydrogen) atoms. The molecular formula is C16H19N3O. The summed E-state index contributed by atoms with van der Waals surface area (Å²) in [6, 6.07) is 10.7. The summed E-state index contributed by atoms with van der Waals surface area (Å²) in [5.41, 5.74) is 2.64. The summed E-state index contributed by atoms with van der Waals surface area (Å²) in [5, 5.41) is 16.5. The molecule has 0 radical (unpaired) electrons. The van der Waals surface area contributed by atoms with Crippen LogP contribution in [0.15, 0.2) is 29.4 Å². The van der Waals surface area contributed by atoms with Gasteiger partial charge in [0.15, 0.2) is 5.60 Å². The average Bonchev–Trinajstić information content (AvgIpc) is 3.26. The summed E-state index contributed by atoms with van der Waals surface area (Å²) in [4.78, 5) is 5.35. The summed E-state index contributed by atoms with van der Waals surface area (Å²) >= 11 is 0.